The number of ether oxygens (including phenoxy) is 6. The summed E-state index contributed by atoms with van der Waals surface area (Å²) in [4.78, 5) is 143. The fraction of sp³-hybridized carbons (Fsp3) is 0.707. The number of alkyl halides is 4. The number of aromatic nitrogens is 4. The van der Waals surface area contributed by atoms with Crippen LogP contribution in [-0.4, -0.2) is 203 Å². The van der Waals surface area contributed by atoms with Gasteiger partial charge in [-0.05, 0) is 158 Å². The number of halogens is 4. The van der Waals surface area contributed by atoms with Crippen molar-refractivity contribution in [2.75, 3.05) is 27.3 Å². The lowest BCUT2D eigenvalue weighted by molar-refractivity contribution is -0.144. The van der Waals surface area contributed by atoms with Crippen molar-refractivity contribution in [3.8, 4) is 23.3 Å². The minimum Gasteiger partial charge on any atom is -0.497 e. The molecular weight excluding hydrogens is 1580 g/mol. The zero-order chi connectivity index (χ0) is 85.3. The summed E-state index contributed by atoms with van der Waals surface area (Å²) in [5.41, 5.74) is -6.42. The van der Waals surface area contributed by atoms with Gasteiger partial charge < -0.3 is 59.5 Å². The average molecular weight is 1690 g/mol. The summed E-state index contributed by atoms with van der Waals surface area (Å²) in [5.74, 6) is -11.6. The van der Waals surface area contributed by atoms with Crippen molar-refractivity contribution in [2.24, 2.45) is 46.3 Å². The normalized spacial score (nSPS) is 32.2. The van der Waals surface area contributed by atoms with E-state index in [1.54, 1.807) is 78.8 Å². The van der Waals surface area contributed by atoms with Crippen LogP contribution in [0.25, 0.3) is 22.1 Å². The molecule has 14 rings (SSSR count). The quantitative estimate of drug-likeness (QED) is 0.0476. The van der Waals surface area contributed by atoms with Gasteiger partial charge in [0.15, 0.2) is 0 Å². The van der Waals surface area contributed by atoms with Gasteiger partial charge in [-0.25, -0.2) is 63.9 Å². The molecule has 0 unspecified atom stereocenters. The van der Waals surface area contributed by atoms with Crippen molar-refractivity contribution in [3.05, 3.63) is 47.3 Å². The number of alkyl carbamates (subject to hydrolysis) is 2. The van der Waals surface area contributed by atoms with Gasteiger partial charge in [0.05, 0.1) is 70.7 Å². The maximum Gasteiger partial charge on any atom is 0.408 e. The summed E-state index contributed by atoms with van der Waals surface area (Å²) in [7, 11) is -5.92. The number of hydrogen-bond acceptors (Lipinski definition) is 22. The first kappa shape index (κ1) is 85.7. The first-order valence-corrected chi connectivity index (χ1v) is 44.4. The van der Waals surface area contributed by atoms with Crippen LogP contribution in [0.15, 0.2) is 30.3 Å². The van der Waals surface area contributed by atoms with Crippen molar-refractivity contribution in [1.82, 2.24) is 60.4 Å². The van der Waals surface area contributed by atoms with E-state index in [2.05, 4.69) is 21.3 Å². The lowest BCUT2D eigenvalue weighted by atomic mass is 9.77. The highest BCUT2D eigenvalue weighted by Crippen LogP contribution is 2.56. The number of nitrogens with one attached hydrogen (secondary N) is 6. The fourth-order valence-electron chi connectivity index (χ4n) is 18.4. The Morgan fingerprint density at radius 3 is 1.43 bits per heavy atom. The third-order valence-electron chi connectivity index (χ3n) is 27.4. The molecule has 118 heavy (non-hydrogen) atoms. The lowest BCUT2D eigenvalue weighted by Crippen LogP contribution is -2.62. The van der Waals surface area contributed by atoms with Gasteiger partial charge in [-0.3, -0.25) is 38.2 Å². The van der Waals surface area contributed by atoms with E-state index < -0.39 is 203 Å². The van der Waals surface area contributed by atoms with Crippen LogP contribution in [0.2, 0.25) is 0 Å². The Hall–Kier alpha value is -8.70. The largest absolute Gasteiger partial charge is 0.497 e. The number of carbonyl (C=O) groups is 8. The molecular formula is C82H110F4N12O18S2. The maximum atomic E-state index is 16.5. The fourth-order valence-corrected chi connectivity index (χ4v) is 21.0. The molecule has 8 fully saturated rings. The summed E-state index contributed by atoms with van der Waals surface area (Å²) >= 11 is 0. The molecule has 0 spiro atoms. The van der Waals surface area contributed by atoms with Crippen LogP contribution in [0, 0.1) is 46.3 Å². The van der Waals surface area contributed by atoms with Gasteiger partial charge in [0, 0.05) is 35.8 Å². The number of nitrogens with zero attached hydrogens (tertiary/aromatic N) is 6. The van der Waals surface area contributed by atoms with Crippen LogP contribution in [0.1, 0.15) is 209 Å². The number of methoxy groups -OCH3 is 2. The van der Waals surface area contributed by atoms with Crippen molar-refractivity contribution >= 4 is 89.7 Å². The molecule has 4 bridgehead atoms. The highest BCUT2D eigenvalue weighted by atomic mass is 32.2. The summed E-state index contributed by atoms with van der Waals surface area (Å²) in [6.07, 6.45) is -2.90. The van der Waals surface area contributed by atoms with Crippen LogP contribution < -0.4 is 49.7 Å². The minimum absolute atomic E-state index is 0.0146. The number of amides is 8. The third kappa shape index (κ3) is 16.2. The lowest BCUT2D eigenvalue weighted by Gasteiger charge is -2.38. The highest BCUT2D eigenvalue weighted by molar-refractivity contribution is 7.92. The number of aryl methyl sites for hydroxylation is 2. The van der Waals surface area contributed by atoms with E-state index in [9.17, 15) is 40.0 Å². The second-order valence-corrected chi connectivity index (χ2v) is 41.5. The Labute approximate surface area is 684 Å². The highest BCUT2D eigenvalue weighted by Gasteiger charge is 2.70. The second kappa shape index (κ2) is 31.1. The van der Waals surface area contributed by atoms with Crippen LogP contribution in [0.5, 0.6) is 23.3 Å². The Kier molecular flexibility index (Phi) is 22.6. The Bertz CT molecular complexity index is 4940. The average Bonchev–Trinajstić information content (AvgIpc) is 1.56. The molecule has 2 aromatic carbocycles. The van der Waals surface area contributed by atoms with Gasteiger partial charge in [-0.1, -0.05) is 88.0 Å². The predicted molar refractivity (Wildman–Crippen MR) is 420 cm³/mol. The number of fused-ring (bicyclic) bond motifs is 10. The molecule has 8 amide bonds. The molecule has 36 heteroatoms. The third-order valence-corrected chi connectivity index (χ3v) is 31.7. The molecule has 646 valence electrons. The van der Waals surface area contributed by atoms with Crippen LogP contribution in [0.3, 0.4) is 0 Å². The number of rotatable bonds is 19. The summed E-state index contributed by atoms with van der Waals surface area (Å²) in [6, 6.07) is 2.21. The Balaban J connectivity index is 0.825. The van der Waals surface area contributed by atoms with E-state index in [0.29, 0.717) is 110 Å². The second-order valence-electron chi connectivity index (χ2n) is 37.1. The number of hydrogen-bond donors (Lipinski definition) is 6. The van der Waals surface area contributed by atoms with Crippen LogP contribution in [0.4, 0.5) is 27.2 Å². The monoisotopic (exact) mass is 1690 g/mol. The molecule has 0 radical (unpaired) electrons. The van der Waals surface area contributed by atoms with Crippen molar-refractivity contribution in [3.63, 3.8) is 0 Å². The van der Waals surface area contributed by atoms with Gasteiger partial charge >= 0.3 is 12.2 Å². The first-order chi connectivity index (χ1) is 55.4. The zero-order valence-corrected chi connectivity index (χ0v) is 70.7. The van der Waals surface area contributed by atoms with Gasteiger partial charge in [0.1, 0.15) is 81.5 Å². The minimum atomic E-state index is -4.43. The maximum absolute atomic E-state index is 16.5. The van der Waals surface area contributed by atoms with Crippen molar-refractivity contribution in [1.29, 1.82) is 0 Å². The number of carbonyl (C=O) groups excluding carboxylic acids is 8. The van der Waals surface area contributed by atoms with E-state index in [1.165, 1.54) is 37.9 Å². The smallest absolute Gasteiger partial charge is 0.408 e. The molecule has 4 aliphatic heterocycles. The van der Waals surface area contributed by atoms with Gasteiger partial charge in [0.25, 0.3) is 11.8 Å². The molecule has 6 saturated carbocycles. The summed E-state index contributed by atoms with van der Waals surface area (Å²) in [5, 5.41) is 10.8. The molecule has 4 aromatic rings. The van der Waals surface area contributed by atoms with Gasteiger partial charge in [-0.2, -0.15) is 0 Å². The molecule has 2 aromatic heterocycles. The molecule has 16 atom stereocenters. The number of benzene rings is 2. The molecule has 6 heterocycles. The van der Waals surface area contributed by atoms with E-state index in [1.807, 2.05) is 23.3 Å². The van der Waals surface area contributed by atoms with Crippen molar-refractivity contribution in [2.45, 2.75) is 292 Å². The molecule has 2 saturated heterocycles. The van der Waals surface area contributed by atoms with Crippen molar-refractivity contribution < 1.29 is 101 Å². The van der Waals surface area contributed by atoms with Crippen LogP contribution in [-0.2, 0) is 77.5 Å². The summed E-state index contributed by atoms with van der Waals surface area (Å²) < 4.78 is 154. The van der Waals surface area contributed by atoms with E-state index in [-0.39, 0.29) is 79.9 Å². The SMILES string of the molecule is CC[C@]12C[C@@H]1CCCCCc1nc3cc(CC(C)(C)[C@@H]4NC(=O)O[C@]5(CC)C[C@H]5CCCCCc5nc6ccc(OC)cc6nc5O[C@H]5CN(C4=O)[C@H](C(=O)N[C@]4(C(=O)NS(=O)(=O)C6(C)CC6)C[C@H]4C(F)F)[C@@H]5C)c(OC)cc3nc1O[C@H]1CN(C(=O)[C@H](C(C)(C)C)NC(=O)O2)[C@H](C(=O)N[C@]2(C(=O)NS(=O)(=O)C3(C)CC3)C[C@H]2C(F)F)[C@@H]1C. The van der Waals surface area contributed by atoms with E-state index in [4.69, 9.17) is 48.4 Å². The molecule has 6 N–H and O–H groups in total. The summed E-state index contributed by atoms with van der Waals surface area (Å²) in [6.45, 7) is 17.6. The van der Waals surface area contributed by atoms with E-state index in [0.717, 1.165) is 12.8 Å². The van der Waals surface area contributed by atoms with Crippen LogP contribution >= 0.6 is 0 Å². The van der Waals surface area contributed by atoms with Gasteiger partial charge in [0.2, 0.25) is 68.3 Å². The molecule has 6 aliphatic carbocycles. The molecule has 30 nitrogen and oxygen atoms in total. The Morgan fingerprint density at radius 2 is 1.02 bits per heavy atom. The number of sulfonamides is 2. The predicted octanol–water partition coefficient (Wildman–Crippen LogP) is 9.13. The standard InChI is InChI=1S/C82H110F4N12O18S2/c1-14-79-36-45(79)22-19-17-21-25-52-68(114-57-40-97(69(101)61(75(5,6)7)91-73(105)115-79)59(42(57)3)65(99)93-81(38-48(81)63(83)84)71(103)95-117(107,108)77(10)28-29-77)90-55-34-56(112-13)44(32-53(55)88-52)35-76(8,9)62-70(102)98-41-58(43(4)60(98)66(100)94-82(39-49(82)64(85)86)72(104)96-118(109,110)78(11)30-31-78)113-67-51(87-50-27-26-47(111-12)33-54(50)89-67)24-20-16-18-23-46-37-80(46,15-2)116-74(106)92-62/h26-27,32-34,42-43,45-46,48-49,57-64H,14-25,28-31,35-41H2,1-13H3,(H,91,105)(H,92,106)(H,93,99)(H,94,100)(H,95,103)(H,96,104)/t42-,43-,45+,46-,48+,49+,57+,58+,59+,60+,61-,62-,79+,80-,81-,82-/m1/s1. The topological polar surface area (TPSA) is 390 Å². The first-order valence-electron chi connectivity index (χ1n) is 41.4. The Morgan fingerprint density at radius 1 is 0.585 bits per heavy atom. The van der Waals surface area contributed by atoms with E-state index >= 15 is 32.8 Å². The molecule has 10 aliphatic rings. The van der Waals surface area contributed by atoms with Gasteiger partial charge in [-0.15, -0.1) is 0 Å². The zero-order valence-electron chi connectivity index (χ0n) is 69.1.